The van der Waals surface area contributed by atoms with Crippen LogP contribution < -0.4 is 0 Å². The summed E-state index contributed by atoms with van der Waals surface area (Å²) in [6, 6.07) is 19.2. The maximum absolute atomic E-state index is 10.2. The number of phenols is 1. The van der Waals surface area contributed by atoms with Crippen molar-refractivity contribution in [3.8, 4) is 5.75 Å². The van der Waals surface area contributed by atoms with Crippen molar-refractivity contribution >= 4 is 0 Å². The van der Waals surface area contributed by atoms with E-state index < -0.39 is 0 Å². The Morgan fingerprint density at radius 3 is 2.45 bits per heavy atom. The van der Waals surface area contributed by atoms with Crippen molar-refractivity contribution in [2.45, 2.75) is 57.2 Å². The van der Waals surface area contributed by atoms with Gasteiger partial charge in [-0.15, -0.1) is 6.58 Å². The summed E-state index contributed by atoms with van der Waals surface area (Å²) in [7, 11) is 2.24. The SMILES string of the molecule is C=CCN(CCC)C1CCC(c2cccc(O)c2)(N(C)Cc2ccccc2)CC1. The molecule has 156 valence electrons. The van der Waals surface area contributed by atoms with Crippen LogP contribution in [0.3, 0.4) is 0 Å². The summed E-state index contributed by atoms with van der Waals surface area (Å²) in [4.78, 5) is 5.10. The summed E-state index contributed by atoms with van der Waals surface area (Å²) in [6.45, 7) is 9.23. The van der Waals surface area contributed by atoms with Crippen LogP contribution in [0, 0.1) is 0 Å². The molecule has 0 aliphatic heterocycles. The molecule has 0 bridgehead atoms. The highest BCUT2D eigenvalue weighted by molar-refractivity contribution is 5.33. The zero-order valence-electron chi connectivity index (χ0n) is 18.1. The zero-order chi connectivity index (χ0) is 20.7. The lowest BCUT2D eigenvalue weighted by Crippen LogP contribution is -2.50. The predicted molar refractivity (Wildman–Crippen MR) is 122 cm³/mol. The van der Waals surface area contributed by atoms with E-state index in [2.05, 4.69) is 66.7 Å². The molecule has 1 aliphatic carbocycles. The second-order valence-electron chi connectivity index (χ2n) is 8.44. The van der Waals surface area contributed by atoms with Crippen molar-refractivity contribution in [1.82, 2.24) is 9.80 Å². The molecule has 0 amide bonds. The molecular weight excluding hydrogens is 356 g/mol. The minimum Gasteiger partial charge on any atom is -0.508 e. The average molecular weight is 393 g/mol. The van der Waals surface area contributed by atoms with Gasteiger partial charge in [-0.3, -0.25) is 9.80 Å². The zero-order valence-corrected chi connectivity index (χ0v) is 18.1. The fourth-order valence-electron chi connectivity index (χ4n) is 5.02. The van der Waals surface area contributed by atoms with Gasteiger partial charge in [-0.1, -0.05) is 55.5 Å². The molecule has 0 radical (unpaired) electrons. The van der Waals surface area contributed by atoms with Crippen LogP contribution >= 0.6 is 0 Å². The minimum atomic E-state index is -0.0445. The Balaban J connectivity index is 1.84. The number of aromatic hydroxyl groups is 1. The van der Waals surface area contributed by atoms with Gasteiger partial charge < -0.3 is 5.11 Å². The first-order chi connectivity index (χ1) is 14.1. The van der Waals surface area contributed by atoms with E-state index in [1.807, 2.05) is 18.2 Å². The molecule has 3 rings (SSSR count). The Labute approximate surface area is 176 Å². The van der Waals surface area contributed by atoms with Crippen LogP contribution in [-0.2, 0) is 12.1 Å². The summed E-state index contributed by atoms with van der Waals surface area (Å²) in [5.41, 5.74) is 2.52. The molecule has 3 heteroatoms. The lowest BCUT2D eigenvalue weighted by atomic mass is 9.73. The number of nitrogens with zero attached hydrogens (tertiary/aromatic N) is 2. The average Bonchev–Trinajstić information content (AvgIpc) is 2.74. The number of rotatable bonds is 9. The third-order valence-corrected chi connectivity index (χ3v) is 6.55. The second-order valence-corrected chi connectivity index (χ2v) is 8.44. The fraction of sp³-hybridized carbons (Fsp3) is 0.462. The van der Waals surface area contributed by atoms with Gasteiger partial charge in [0.2, 0.25) is 0 Å². The molecule has 1 saturated carbocycles. The molecule has 1 aliphatic rings. The van der Waals surface area contributed by atoms with Crippen molar-refractivity contribution in [3.05, 3.63) is 78.4 Å². The van der Waals surface area contributed by atoms with Gasteiger partial charge in [0.1, 0.15) is 5.75 Å². The molecule has 1 fully saturated rings. The molecule has 1 N–H and O–H groups in total. The van der Waals surface area contributed by atoms with Crippen LogP contribution in [0.1, 0.15) is 50.2 Å². The largest absolute Gasteiger partial charge is 0.508 e. The molecule has 0 unspecified atom stereocenters. The predicted octanol–water partition coefficient (Wildman–Crippen LogP) is 5.56. The molecule has 0 spiro atoms. The summed E-state index contributed by atoms with van der Waals surface area (Å²) >= 11 is 0. The van der Waals surface area contributed by atoms with E-state index in [1.165, 1.54) is 30.4 Å². The summed E-state index contributed by atoms with van der Waals surface area (Å²) < 4.78 is 0. The summed E-state index contributed by atoms with van der Waals surface area (Å²) in [5, 5.41) is 10.2. The smallest absolute Gasteiger partial charge is 0.115 e. The van der Waals surface area contributed by atoms with Crippen LogP contribution in [-0.4, -0.2) is 41.1 Å². The summed E-state index contributed by atoms with van der Waals surface area (Å²) in [5.74, 6) is 0.358. The van der Waals surface area contributed by atoms with E-state index in [-0.39, 0.29) is 5.54 Å². The van der Waals surface area contributed by atoms with Gasteiger partial charge in [0, 0.05) is 24.7 Å². The van der Waals surface area contributed by atoms with Crippen LogP contribution in [0.5, 0.6) is 5.75 Å². The van der Waals surface area contributed by atoms with E-state index >= 15 is 0 Å². The van der Waals surface area contributed by atoms with E-state index in [1.54, 1.807) is 6.07 Å². The Hall–Kier alpha value is -2.10. The van der Waals surface area contributed by atoms with Crippen LogP contribution in [0.25, 0.3) is 0 Å². The third-order valence-electron chi connectivity index (χ3n) is 6.55. The van der Waals surface area contributed by atoms with E-state index in [4.69, 9.17) is 0 Å². The van der Waals surface area contributed by atoms with Crippen molar-refractivity contribution in [2.75, 3.05) is 20.1 Å². The standard InChI is InChI=1S/C26H36N2O/c1-4-18-28(19-5-2)24-14-16-26(17-15-24,23-12-9-13-25(29)20-23)27(3)21-22-10-7-6-8-11-22/h4,6-13,20,24,29H,1,5,14-19,21H2,2-3H3. The van der Waals surface area contributed by atoms with Crippen LogP contribution in [0.2, 0.25) is 0 Å². The molecule has 0 aromatic heterocycles. The molecule has 2 aromatic carbocycles. The van der Waals surface area contributed by atoms with Crippen LogP contribution in [0.15, 0.2) is 67.3 Å². The minimum absolute atomic E-state index is 0.0445. The number of hydrogen-bond acceptors (Lipinski definition) is 3. The van der Waals surface area contributed by atoms with Gasteiger partial charge in [0.05, 0.1) is 0 Å². The third kappa shape index (κ3) is 5.09. The van der Waals surface area contributed by atoms with E-state index in [0.29, 0.717) is 11.8 Å². The monoisotopic (exact) mass is 392 g/mol. The first-order valence-corrected chi connectivity index (χ1v) is 11.0. The number of hydrogen-bond donors (Lipinski definition) is 1. The second kappa shape index (κ2) is 10.1. The maximum Gasteiger partial charge on any atom is 0.115 e. The quantitative estimate of drug-likeness (QED) is 0.566. The Kier molecular flexibility index (Phi) is 7.51. The molecule has 0 atom stereocenters. The Bertz CT molecular complexity index is 765. The molecule has 2 aromatic rings. The fourth-order valence-corrected chi connectivity index (χ4v) is 5.02. The van der Waals surface area contributed by atoms with E-state index in [0.717, 1.165) is 32.5 Å². The Morgan fingerprint density at radius 2 is 1.83 bits per heavy atom. The lowest BCUT2D eigenvalue weighted by Gasteiger charge is -2.49. The normalized spacial score (nSPS) is 22.1. The highest BCUT2D eigenvalue weighted by Crippen LogP contribution is 2.44. The van der Waals surface area contributed by atoms with Gasteiger partial charge in [-0.2, -0.15) is 0 Å². The molecule has 3 nitrogen and oxygen atoms in total. The molecule has 0 heterocycles. The van der Waals surface area contributed by atoms with Crippen molar-refractivity contribution < 1.29 is 5.11 Å². The van der Waals surface area contributed by atoms with E-state index in [9.17, 15) is 5.11 Å². The van der Waals surface area contributed by atoms with Crippen molar-refractivity contribution in [3.63, 3.8) is 0 Å². The first kappa shape index (κ1) is 21.6. The van der Waals surface area contributed by atoms with Crippen LogP contribution in [0.4, 0.5) is 0 Å². The van der Waals surface area contributed by atoms with Gasteiger partial charge in [-0.05, 0) is 69.0 Å². The highest BCUT2D eigenvalue weighted by Gasteiger charge is 2.41. The highest BCUT2D eigenvalue weighted by atomic mass is 16.3. The van der Waals surface area contributed by atoms with Gasteiger partial charge in [0.25, 0.3) is 0 Å². The topological polar surface area (TPSA) is 26.7 Å². The summed E-state index contributed by atoms with van der Waals surface area (Å²) in [6.07, 6.45) is 7.75. The first-order valence-electron chi connectivity index (χ1n) is 11.0. The Morgan fingerprint density at radius 1 is 1.10 bits per heavy atom. The number of phenolic OH excluding ortho intramolecular Hbond substituents is 1. The van der Waals surface area contributed by atoms with Gasteiger partial charge in [-0.25, -0.2) is 0 Å². The lowest BCUT2D eigenvalue weighted by molar-refractivity contribution is 0.0308. The van der Waals surface area contributed by atoms with Crippen molar-refractivity contribution in [1.29, 1.82) is 0 Å². The number of benzene rings is 2. The van der Waals surface area contributed by atoms with Gasteiger partial charge in [0.15, 0.2) is 0 Å². The molecule has 29 heavy (non-hydrogen) atoms. The van der Waals surface area contributed by atoms with Gasteiger partial charge >= 0.3 is 0 Å². The molecule has 0 saturated heterocycles. The maximum atomic E-state index is 10.2. The van der Waals surface area contributed by atoms with Crippen molar-refractivity contribution in [2.24, 2.45) is 0 Å². The molecular formula is C26H36N2O.